The van der Waals surface area contributed by atoms with Gasteiger partial charge in [0.25, 0.3) is 0 Å². The Labute approximate surface area is 131 Å². The van der Waals surface area contributed by atoms with Crippen LogP contribution in [0, 0.1) is 0 Å². The van der Waals surface area contributed by atoms with Gasteiger partial charge in [0.05, 0.1) is 19.3 Å². The van der Waals surface area contributed by atoms with Crippen LogP contribution in [0.2, 0.25) is 0 Å². The number of ether oxygens (including phenoxy) is 1. The van der Waals surface area contributed by atoms with Gasteiger partial charge in [-0.1, -0.05) is 0 Å². The molecule has 1 aromatic rings. The molecule has 1 saturated heterocycles. The van der Waals surface area contributed by atoms with Crippen molar-refractivity contribution in [3.63, 3.8) is 0 Å². The zero-order valence-electron chi connectivity index (χ0n) is 13.8. The first-order valence-electron chi connectivity index (χ1n) is 7.61. The highest BCUT2D eigenvalue weighted by Gasteiger charge is 2.28. The molecule has 8 heteroatoms. The number of hydrogen-bond acceptors (Lipinski definition) is 5. The molecule has 0 aromatic carbocycles. The minimum atomic E-state index is -0.197. The van der Waals surface area contributed by atoms with Crippen LogP contribution in [0.4, 0.5) is 4.79 Å². The van der Waals surface area contributed by atoms with Crippen molar-refractivity contribution in [2.24, 2.45) is 7.05 Å². The summed E-state index contributed by atoms with van der Waals surface area (Å²) < 4.78 is 7.16. The van der Waals surface area contributed by atoms with Crippen molar-refractivity contribution in [3.8, 4) is 0 Å². The zero-order valence-corrected chi connectivity index (χ0v) is 13.8. The predicted octanol–water partition coefficient (Wildman–Crippen LogP) is 0.286. The lowest BCUT2D eigenvalue weighted by Crippen LogP contribution is -2.56. The van der Waals surface area contributed by atoms with E-state index in [1.165, 1.54) is 0 Å². The number of morpholine rings is 1. The number of nitrogens with one attached hydrogen (secondary N) is 2. The van der Waals surface area contributed by atoms with E-state index in [2.05, 4.69) is 39.6 Å². The molecule has 1 atom stereocenters. The Morgan fingerprint density at radius 2 is 2.14 bits per heavy atom. The SMILES string of the molecule is C[C@H](NC(=O)NCC(C)(C)N1CCOCC1)c1nncn1C. The topological polar surface area (TPSA) is 84.3 Å². The summed E-state index contributed by atoms with van der Waals surface area (Å²) >= 11 is 0. The highest BCUT2D eigenvalue weighted by atomic mass is 16.5. The Morgan fingerprint density at radius 3 is 2.73 bits per heavy atom. The number of hydrogen-bond donors (Lipinski definition) is 2. The summed E-state index contributed by atoms with van der Waals surface area (Å²) in [5.41, 5.74) is -0.102. The molecule has 0 bridgehead atoms. The van der Waals surface area contributed by atoms with E-state index in [1.54, 1.807) is 10.9 Å². The Balaban J connectivity index is 1.80. The summed E-state index contributed by atoms with van der Waals surface area (Å²) in [6.45, 7) is 10.0. The maximum atomic E-state index is 12.1. The number of rotatable bonds is 5. The van der Waals surface area contributed by atoms with Gasteiger partial charge in [-0.15, -0.1) is 10.2 Å². The van der Waals surface area contributed by atoms with E-state index in [9.17, 15) is 4.79 Å². The number of aromatic nitrogens is 3. The van der Waals surface area contributed by atoms with Crippen LogP contribution in [0.3, 0.4) is 0 Å². The van der Waals surface area contributed by atoms with Crippen molar-refractivity contribution in [1.29, 1.82) is 0 Å². The fraction of sp³-hybridized carbons (Fsp3) is 0.786. The molecule has 124 valence electrons. The molecule has 2 amide bonds. The van der Waals surface area contributed by atoms with Crippen molar-refractivity contribution < 1.29 is 9.53 Å². The third kappa shape index (κ3) is 4.17. The maximum Gasteiger partial charge on any atom is 0.315 e. The van der Waals surface area contributed by atoms with Crippen molar-refractivity contribution in [1.82, 2.24) is 30.3 Å². The van der Waals surface area contributed by atoms with Gasteiger partial charge in [-0.25, -0.2) is 4.79 Å². The minimum Gasteiger partial charge on any atom is -0.379 e. The van der Waals surface area contributed by atoms with E-state index in [4.69, 9.17) is 4.74 Å². The van der Waals surface area contributed by atoms with Gasteiger partial charge < -0.3 is 19.9 Å². The van der Waals surface area contributed by atoms with E-state index in [1.807, 2.05) is 14.0 Å². The first-order chi connectivity index (χ1) is 10.4. The lowest BCUT2D eigenvalue weighted by atomic mass is 10.0. The predicted molar refractivity (Wildman–Crippen MR) is 82.4 cm³/mol. The molecule has 1 fully saturated rings. The monoisotopic (exact) mass is 310 g/mol. The first-order valence-corrected chi connectivity index (χ1v) is 7.61. The molecule has 0 radical (unpaired) electrons. The van der Waals surface area contributed by atoms with Gasteiger partial charge in [0.2, 0.25) is 0 Å². The second-order valence-electron chi connectivity index (χ2n) is 6.26. The second-order valence-corrected chi connectivity index (χ2v) is 6.26. The number of carbonyl (C=O) groups excluding carboxylic acids is 1. The summed E-state index contributed by atoms with van der Waals surface area (Å²) in [7, 11) is 1.85. The summed E-state index contributed by atoms with van der Waals surface area (Å²) in [4.78, 5) is 14.4. The number of aryl methyl sites for hydroxylation is 1. The number of nitrogens with zero attached hydrogens (tertiary/aromatic N) is 4. The van der Waals surface area contributed by atoms with Gasteiger partial charge >= 0.3 is 6.03 Å². The van der Waals surface area contributed by atoms with Crippen LogP contribution in [0.15, 0.2) is 6.33 Å². The summed E-state index contributed by atoms with van der Waals surface area (Å²) in [6.07, 6.45) is 1.62. The number of carbonyl (C=O) groups is 1. The summed E-state index contributed by atoms with van der Waals surface area (Å²) in [6, 6.07) is -0.393. The molecule has 1 aliphatic heterocycles. The molecule has 1 aromatic heterocycles. The molecule has 8 nitrogen and oxygen atoms in total. The third-order valence-corrected chi connectivity index (χ3v) is 4.03. The van der Waals surface area contributed by atoms with Crippen molar-refractivity contribution in [2.45, 2.75) is 32.4 Å². The molecule has 22 heavy (non-hydrogen) atoms. The smallest absolute Gasteiger partial charge is 0.315 e. The van der Waals surface area contributed by atoms with Gasteiger partial charge in [-0.2, -0.15) is 0 Å². The average Bonchev–Trinajstić information content (AvgIpc) is 2.92. The van der Waals surface area contributed by atoms with Gasteiger partial charge in [0, 0.05) is 32.2 Å². The molecule has 2 rings (SSSR count). The van der Waals surface area contributed by atoms with Crippen LogP contribution >= 0.6 is 0 Å². The molecule has 0 saturated carbocycles. The van der Waals surface area contributed by atoms with Crippen LogP contribution < -0.4 is 10.6 Å². The lowest BCUT2D eigenvalue weighted by Gasteiger charge is -2.40. The third-order valence-electron chi connectivity index (χ3n) is 4.03. The van der Waals surface area contributed by atoms with Crippen LogP contribution in [0.5, 0.6) is 0 Å². The fourth-order valence-corrected chi connectivity index (χ4v) is 2.57. The minimum absolute atomic E-state index is 0.102. The van der Waals surface area contributed by atoms with Crippen molar-refractivity contribution in [2.75, 3.05) is 32.8 Å². The molecular formula is C14H26N6O2. The molecule has 0 unspecified atom stereocenters. The van der Waals surface area contributed by atoms with Crippen LogP contribution in [0.25, 0.3) is 0 Å². The Morgan fingerprint density at radius 1 is 1.45 bits per heavy atom. The van der Waals surface area contributed by atoms with Crippen LogP contribution in [-0.4, -0.2) is 64.1 Å². The Kier molecular flexibility index (Phi) is 5.36. The van der Waals surface area contributed by atoms with E-state index in [-0.39, 0.29) is 17.6 Å². The normalized spacial score (nSPS) is 18.0. The molecule has 0 spiro atoms. The quantitative estimate of drug-likeness (QED) is 0.816. The van der Waals surface area contributed by atoms with E-state index < -0.39 is 0 Å². The standard InChI is InChI=1S/C14H26N6O2/c1-11(12-18-16-10-19(12)4)17-13(21)15-9-14(2,3)20-5-7-22-8-6-20/h10-11H,5-9H2,1-4H3,(H2,15,17,21)/t11-/m0/s1. The van der Waals surface area contributed by atoms with E-state index in [0.29, 0.717) is 6.54 Å². The largest absolute Gasteiger partial charge is 0.379 e. The van der Waals surface area contributed by atoms with Crippen LogP contribution in [-0.2, 0) is 11.8 Å². The highest BCUT2D eigenvalue weighted by molar-refractivity contribution is 5.74. The molecule has 1 aliphatic rings. The van der Waals surface area contributed by atoms with Gasteiger partial charge in [-0.3, -0.25) is 4.90 Å². The fourth-order valence-electron chi connectivity index (χ4n) is 2.57. The maximum absolute atomic E-state index is 12.1. The average molecular weight is 310 g/mol. The van der Waals surface area contributed by atoms with Crippen molar-refractivity contribution in [3.05, 3.63) is 12.2 Å². The molecular weight excluding hydrogens is 284 g/mol. The first kappa shape index (κ1) is 16.7. The summed E-state index contributed by atoms with van der Waals surface area (Å²) in [5, 5.41) is 13.6. The number of urea groups is 1. The lowest BCUT2D eigenvalue weighted by molar-refractivity contribution is -0.00876. The highest BCUT2D eigenvalue weighted by Crippen LogP contribution is 2.15. The van der Waals surface area contributed by atoms with Crippen molar-refractivity contribution >= 4 is 6.03 Å². The van der Waals surface area contributed by atoms with Gasteiger partial charge in [-0.05, 0) is 20.8 Å². The zero-order chi connectivity index (χ0) is 16.2. The van der Waals surface area contributed by atoms with E-state index >= 15 is 0 Å². The van der Waals surface area contributed by atoms with E-state index in [0.717, 1.165) is 32.1 Å². The second kappa shape index (κ2) is 7.06. The Bertz CT molecular complexity index is 495. The summed E-state index contributed by atoms with van der Waals surface area (Å²) in [5.74, 6) is 0.725. The van der Waals surface area contributed by atoms with Crippen LogP contribution in [0.1, 0.15) is 32.6 Å². The molecule has 2 heterocycles. The van der Waals surface area contributed by atoms with Gasteiger partial charge in [0.1, 0.15) is 6.33 Å². The van der Waals surface area contributed by atoms with Gasteiger partial charge in [0.15, 0.2) is 5.82 Å². The molecule has 0 aliphatic carbocycles. The number of amides is 2. The Hall–Kier alpha value is -1.67. The molecule has 2 N–H and O–H groups in total.